The molecule has 1 fully saturated rings. The van der Waals surface area contributed by atoms with Gasteiger partial charge in [-0.25, -0.2) is 4.39 Å². The summed E-state index contributed by atoms with van der Waals surface area (Å²) in [5.41, 5.74) is 1.92. The van der Waals surface area contributed by atoms with E-state index >= 15 is 0 Å². The summed E-state index contributed by atoms with van der Waals surface area (Å²) in [7, 11) is 1.57. The van der Waals surface area contributed by atoms with Crippen molar-refractivity contribution in [2.24, 2.45) is 0 Å². The first-order chi connectivity index (χ1) is 16.1. The zero-order valence-corrected chi connectivity index (χ0v) is 20.5. The van der Waals surface area contributed by atoms with Gasteiger partial charge in [0.05, 0.1) is 31.4 Å². The summed E-state index contributed by atoms with van der Waals surface area (Å²) >= 11 is 0. The zero-order chi connectivity index (χ0) is 25.2. The van der Waals surface area contributed by atoms with E-state index in [1.54, 1.807) is 32.2 Å². The average Bonchev–Trinajstić information content (AvgIpc) is 3.03. The lowest BCUT2D eigenvalue weighted by molar-refractivity contribution is -0.140. The number of carbonyl (C=O) groups is 2. The first kappa shape index (κ1) is 25.4. The molecule has 3 rings (SSSR count). The lowest BCUT2D eigenvalue weighted by Crippen LogP contribution is -2.33. The van der Waals surface area contributed by atoms with E-state index in [0.717, 1.165) is 5.56 Å². The Bertz CT molecular complexity index is 1120. The summed E-state index contributed by atoms with van der Waals surface area (Å²) in [6.45, 7) is 9.74. The highest BCUT2D eigenvalue weighted by atomic mass is 19.1. The molecule has 0 aliphatic carbocycles. The summed E-state index contributed by atoms with van der Waals surface area (Å²) < 4.78 is 26.0. The molecule has 1 aliphatic heterocycles. The van der Waals surface area contributed by atoms with E-state index in [9.17, 15) is 19.1 Å². The number of aryl methyl sites for hydroxylation is 1. The van der Waals surface area contributed by atoms with Gasteiger partial charge in [-0.3, -0.25) is 9.59 Å². The van der Waals surface area contributed by atoms with Gasteiger partial charge < -0.3 is 19.5 Å². The third-order valence-electron chi connectivity index (χ3n) is 5.98. The van der Waals surface area contributed by atoms with Crippen LogP contribution < -0.4 is 4.74 Å². The van der Waals surface area contributed by atoms with Gasteiger partial charge in [0, 0.05) is 17.7 Å². The van der Waals surface area contributed by atoms with E-state index in [4.69, 9.17) is 9.47 Å². The van der Waals surface area contributed by atoms with Crippen molar-refractivity contribution in [2.75, 3.05) is 20.3 Å². The molecule has 1 amide bonds. The maximum Gasteiger partial charge on any atom is 0.295 e. The second-order valence-electron chi connectivity index (χ2n) is 9.00. The van der Waals surface area contributed by atoms with Crippen molar-refractivity contribution < 1.29 is 28.6 Å². The molecule has 34 heavy (non-hydrogen) atoms. The number of amides is 1. The molecule has 182 valence electrons. The molecule has 0 spiro atoms. The summed E-state index contributed by atoms with van der Waals surface area (Å²) in [4.78, 5) is 27.5. The van der Waals surface area contributed by atoms with Gasteiger partial charge in [0.15, 0.2) is 0 Å². The molecular weight excluding hydrogens is 437 g/mol. The van der Waals surface area contributed by atoms with Crippen LogP contribution in [0.5, 0.6) is 5.75 Å². The number of benzene rings is 2. The number of carbonyl (C=O) groups excluding carboxylic acids is 2. The number of hydrogen-bond acceptors (Lipinski definition) is 5. The zero-order valence-electron chi connectivity index (χ0n) is 20.5. The number of methoxy groups -OCH3 is 1. The topological polar surface area (TPSA) is 76.1 Å². The van der Waals surface area contributed by atoms with Crippen molar-refractivity contribution >= 4 is 17.4 Å². The Labute approximate surface area is 200 Å². The Morgan fingerprint density at radius 1 is 1.15 bits per heavy atom. The van der Waals surface area contributed by atoms with Gasteiger partial charge >= 0.3 is 0 Å². The molecule has 7 heteroatoms. The van der Waals surface area contributed by atoms with Crippen LogP contribution in [0.3, 0.4) is 0 Å². The van der Waals surface area contributed by atoms with Crippen LogP contribution in [-0.2, 0) is 14.3 Å². The lowest BCUT2D eigenvalue weighted by Gasteiger charge is -2.26. The summed E-state index contributed by atoms with van der Waals surface area (Å²) in [6.07, 6.45) is -0.0693. The second-order valence-corrected chi connectivity index (χ2v) is 9.00. The number of likely N-dealkylation sites (tertiary alicyclic amines) is 1. The number of aliphatic hydroxyl groups is 1. The maximum absolute atomic E-state index is 14.9. The molecule has 1 saturated heterocycles. The predicted octanol–water partition coefficient (Wildman–Crippen LogP) is 5.11. The Hall–Kier alpha value is -3.19. The highest BCUT2D eigenvalue weighted by molar-refractivity contribution is 6.46. The fourth-order valence-electron chi connectivity index (χ4n) is 4.24. The summed E-state index contributed by atoms with van der Waals surface area (Å²) in [5.74, 6) is -1.79. The highest BCUT2D eigenvalue weighted by Gasteiger charge is 2.47. The first-order valence-corrected chi connectivity index (χ1v) is 11.4. The van der Waals surface area contributed by atoms with Crippen LogP contribution in [0, 0.1) is 12.7 Å². The van der Waals surface area contributed by atoms with Crippen LogP contribution in [0.25, 0.3) is 5.76 Å². The number of hydrogen-bond donors (Lipinski definition) is 1. The SMILES string of the molecule is COc1cc(C)c(/C(O)=C2\C(=O)C(=O)N(CCOC(C)C)C2c2ccccc2F)cc1C(C)C. The molecule has 0 saturated carbocycles. The van der Waals surface area contributed by atoms with Crippen LogP contribution in [0.1, 0.15) is 61.9 Å². The summed E-state index contributed by atoms with van der Waals surface area (Å²) in [5, 5.41) is 11.4. The fraction of sp³-hybridized carbons (Fsp3) is 0.407. The van der Waals surface area contributed by atoms with E-state index in [0.29, 0.717) is 16.9 Å². The van der Waals surface area contributed by atoms with E-state index in [-0.39, 0.29) is 42.1 Å². The Morgan fingerprint density at radius 2 is 1.82 bits per heavy atom. The average molecular weight is 470 g/mol. The highest BCUT2D eigenvalue weighted by Crippen LogP contribution is 2.41. The minimum absolute atomic E-state index is 0.0693. The van der Waals surface area contributed by atoms with Crippen LogP contribution in [0.2, 0.25) is 0 Å². The van der Waals surface area contributed by atoms with E-state index in [1.807, 2.05) is 27.7 Å². The fourth-order valence-corrected chi connectivity index (χ4v) is 4.24. The van der Waals surface area contributed by atoms with Crippen LogP contribution >= 0.6 is 0 Å². The molecule has 0 bridgehead atoms. The van der Waals surface area contributed by atoms with Crippen molar-refractivity contribution in [3.8, 4) is 5.75 Å². The maximum atomic E-state index is 14.9. The number of aliphatic hydroxyl groups excluding tert-OH is 1. The minimum Gasteiger partial charge on any atom is -0.507 e. The smallest absolute Gasteiger partial charge is 0.295 e. The Morgan fingerprint density at radius 3 is 2.41 bits per heavy atom. The number of ether oxygens (including phenoxy) is 2. The van der Waals surface area contributed by atoms with Crippen molar-refractivity contribution in [1.29, 1.82) is 0 Å². The number of ketones is 1. The molecule has 1 unspecified atom stereocenters. The van der Waals surface area contributed by atoms with Gasteiger partial charge in [-0.05, 0) is 56.0 Å². The van der Waals surface area contributed by atoms with Crippen molar-refractivity contribution in [1.82, 2.24) is 4.90 Å². The van der Waals surface area contributed by atoms with Crippen molar-refractivity contribution in [3.63, 3.8) is 0 Å². The molecule has 1 heterocycles. The number of rotatable bonds is 8. The van der Waals surface area contributed by atoms with Crippen LogP contribution in [0.4, 0.5) is 4.39 Å². The van der Waals surface area contributed by atoms with Gasteiger partial charge in [0.25, 0.3) is 11.7 Å². The first-order valence-electron chi connectivity index (χ1n) is 11.4. The Balaban J connectivity index is 2.21. The predicted molar refractivity (Wildman–Crippen MR) is 128 cm³/mol. The molecule has 6 nitrogen and oxygen atoms in total. The van der Waals surface area contributed by atoms with Gasteiger partial charge in [-0.1, -0.05) is 32.0 Å². The van der Waals surface area contributed by atoms with E-state index < -0.39 is 23.5 Å². The molecule has 0 aromatic heterocycles. The minimum atomic E-state index is -1.07. The van der Waals surface area contributed by atoms with Crippen LogP contribution in [-0.4, -0.2) is 48.1 Å². The molecule has 2 aromatic rings. The monoisotopic (exact) mass is 469 g/mol. The number of halogens is 1. The van der Waals surface area contributed by atoms with Gasteiger partial charge in [0.2, 0.25) is 0 Å². The second kappa shape index (κ2) is 10.4. The molecule has 1 N–H and O–H groups in total. The van der Waals surface area contributed by atoms with Crippen molar-refractivity contribution in [2.45, 2.75) is 52.7 Å². The standard InChI is InChI=1S/C27H32FNO5/c1-15(2)19-14-20(17(5)13-22(19)33-6)25(30)23-24(18-9-7-8-10-21(18)28)29(27(32)26(23)31)11-12-34-16(3)4/h7-10,13-16,24,30H,11-12H2,1-6H3/b25-23+. The third kappa shape index (κ3) is 4.85. The summed E-state index contributed by atoms with van der Waals surface area (Å²) in [6, 6.07) is 8.46. The molecular formula is C27H32FNO5. The molecule has 0 radical (unpaired) electrons. The van der Waals surface area contributed by atoms with Gasteiger partial charge in [-0.2, -0.15) is 0 Å². The quantitative estimate of drug-likeness (QED) is 0.330. The molecule has 1 aliphatic rings. The van der Waals surface area contributed by atoms with Crippen LogP contribution in [0.15, 0.2) is 42.0 Å². The van der Waals surface area contributed by atoms with E-state index in [1.165, 1.54) is 23.1 Å². The van der Waals surface area contributed by atoms with Gasteiger partial charge in [0.1, 0.15) is 17.3 Å². The van der Waals surface area contributed by atoms with Crippen molar-refractivity contribution in [3.05, 3.63) is 70.0 Å². The Kier molecular flexibility index (Phi) is 7.77. The normalized spacial score (nSPS) is 17.8. The van der Waals surface area contributed by atoms with E-state index in [2.05, 4.69) is 0 Å². The molecule has 2 aromatic carbocycles. The number of Topliss-reactive ketones (excluding diaryl/α,β-unsaturated/α-hetero) is 1. The van der Waals surface area contributed by atoms with Gasteiger partial charge in [-0.15, -0.1) is 0 Å². The lowest BCUT2D eigenvalue weighted by atomic mass is 9.91. The largest absolute Gasteiger partial charge is 0.507 e. The third-order valence-corrected chi connectivity index (χ3v) is 5.98. The number of nitrogens with zero attached hydrogens (tertiary/aromatic N) is 1. The molecule has 1 atom stereocenters.